The summed E-state index contributed by atoms with van der Waals surface area (Å²) in [6.07, 6.45) is 0.0886. The fourth-order valence-electron chi connectivity index (χ4n) is 3.04. The van der Waals surface area contributed by atoms with Gasteiger partial charge in [-0.25, -0.2) is 13.6 Å². The van der Waals surface area contributed by atoms with Gasteiger partial charge in [-0.3, -0.25) is 4.90 Å². The quantitative estimate of drug-likeness (QED) is 0.750. The number of hydrogen-bond acceptors (Lipinski definition) is 5. The Morgan fingerprint density at radius 1 is 1.30 bits per heavy atom. The van der Waals surface area contributed by atoms with Crippen LogP contribution in [0.5, 0.6) is 0 Å². The lowest BCUT2D eigenvalue weighted by Crippen LogP contribution is -2.53. The van der Waals surface area contributed by atoms with E-state index in [0.29, 0.717) is 19.0 Å². The molecule has 1 aromatic rings. The van der Waals surface area contributed by atoms with Gasteiger partial charge in [-0.05, 0) is 25.5 Å². The molecule has 1 aromatic carbocycles. The molecule has 0 saturated carbocycles. The van der Waals surface area contributed by atoms with Gasteiger partial charge >= 0.3 is 0 Å². The Labute approximate surface area is 138 Å². The summed E-state index contributed by atoms with van der Waals surface area (Å²) < 4.78 is 21.9. The molecule has 2 atom stereocenters. The maximum atomic E-state index is 11.0. The average molecular weight is 341 g/mol. The van der Waals surface area contributed by atoms with Gasteiger partial charge in [-0.15, -0.1) is 0 Å². The molecular formula is C16H27N3O3S. The topological polar surface area (TPSA) is 86.9 Å². The highest BCUT2D eigenvalue weighted by Gasteiger charge is 2.25. The molecule has 0 aliphatic carbocycles. The predicted molar refractivity (Wildman–Crippen MR) is 91.5 cm³/mol. The largest absolute Gasteiger partial charge is 0.387 e. The third kappa shape index (κ3) is 6.19. The summed E-state index contributed by atoms with van der Waals surface area (Å²) in [6, 6.07) is 10.0. The van der Waals surface area contributed by atoms with E-state index in [1.807, 2.05) is 30.3 Å². The Kier molecular flexibility index (Phi) is 6.55. The number of benzene rings is 1. The second-order valence-corrected chi connectivity index (χ2v) is 8.03. The highest BCUT2D eigenvalue weighted by atomic mass is 32.2. The van der Waals surface area contributed by atoms with E-state index in [0.717, 1.165) is 31.7 Å². The van der Waals surface area contributed by atoms with E-state index in [4.69, 9.17) is 5.14 Å². The summed E-state index contributed by atoms with van der Waals surface area (Å²) in [5, 5.41) is 15.4. The first-order valence-corrected chi connectivity index (χ1v) is 9.76. The van der Waals surface area contributed by atoms with Crippen LogP contribution >= 0.6 is 0 Å². The SMILES string of the molecule is C[C@H]1CN(CCCS(N)(=O)=O)CCN1C[C@@H](O)c1ccccc1. The molecule has 0 bridgehead atoms. The molecule has 23 heavy (non-hydrogen) atoms. The molecular weight excluding hydrogens is 314 g/mol. The summed E-state index contributed by atoms with van der Waals surface area (Å²) in [5.41, 5.74) is 0.940. The number of sulfonamides is 1. The van der Waals surface area contributed by atoms with Crippen molar-refractivity contribution in [1.29, 1.82) is 0 Å². The molecule has 6 nitrogen and oxygen atoms in total. The predicted octanol–water partition coefficient (Wildman–Crippen LogP) is 0.405. The molecule has 0 unspecified atom stereocenters. The Hall–Kier alpha value is -0.990. The van der Waals surface area contributed by atoms with Crippen molar-refractivity contribution in [3.05, 3.63) is 35.9 Å². The molecule has 1 heterocycles. The van der Waals surface area contributed by atoms with Crippen LogP contribution in [0.4, 0.5) is 0 Å². The van der Waals surface area contributed by atoms with Crippen molar-refractivity contribution < 1.29 is 13.5 Å². The zero-order valence-corrected chi connectivity index (χ0v) is 14.5. The molecule has 0 amide bonds. The fourth-order valence-corrected chi connectivity index (χ4v) is 3.57. The summed E-state index contributed by atoms with van der Waals surface area (Å²) in [5.74, 6) is 0.0360. The van der Waals surface area contributed by atoms with Gasteiger partial charge in [-0.2, -0.15) is 0 Å². The zero-order chi connectivity index (χ0) is 16.9. The van der Waals surface area contributed by atoms with Crippen LogP contribution < -0.4 is 5.14 Å². The van der Waals surface area contributed by atoms with Crippen molar-refractivity contribution in [1.82, 2.24) is 9.80 Å². The van der Waals surface area contributed by atoms with E-state index in [-0.39, 0.29) is 5.75 Å². The number of nitrogens with zero attached hydrogens (tertiary/aromatic N) is 2. The number of hydrogen-bond donors (Lipinski definition) is 2. The molecule has 1 aliphatic rings. The lowest BCUT2D eigenvalue weighted by molar-refractivity contribution is 0.0390. The van der Waals surface area contributed by atoms with Crippen LogP contribution in [0.15, 0.2) is 30.3 Å². The number of primary sulfonamides is 1. The van der Waals surface area contributed by atoms with E-state index < -0.39 is 16.1 Å². The number of rotatable bonds is 7. The number of β-amino-alcohol motifs (C(OH)–C–C–N with tert-alkyl or cyclic N) is 1. The Bertz CT molecular complexity index is 579. The van der Waals surface area contributed by atoms with E-state index in [1.54, 1.807) is 0 Å². The van der Waals surface area contributed by atoms with E-state index >= 15 is 0 Å². The molecule has 0 radical (unpaired) electrons. The molecule has 1 saturated heterocycles. The fraction of sp³-hybridized carbons (Fsp3) is 0.625. The van der Waals surface area contributed by atoms with Crippen molar-refractivity contribution >= 4 is 10.0 Å². The van der Waals surface area contributed by atoms with Gasteiger partial charge < -0.3 is 10.0 Å². The zero-order valence-electron chi connectivity index (χ0n) is 13.6. The maximum Gasteiger partial charge on any atom is 0.209 e. The Balaban J connectivity index is 1.78. The molecule has 1 aliphatic heterocycles. The third-order valence-corrected chi connectivity index (χ3v) is 5.20. The van der Waals surface area contributed by atoms with Gasteiger partial charge in [0, 0.05) is 32.2 Å². The van der Waals surface area contributed by atoms with Crippen molar-refractivity contribution in [2.75, 3.05) is 38.5 Å². The second-order valence-electron chi connectivity index (χ2n) is 6.29. The van der Waals surface area contributed by atoms with Crippen molar-refractivity contribution in [3.63, 3.8) is 0 Å². The molecule has 3 N–H and O–H groups in total. The minimum absolute atomic E-state index is 0.0360. The lowest BCUT2D eigenvalue weighted by atomic mass is 10.1. The van der Waals surface area contributed by atoms with Gasteiger partial charge in [0.15, 0.2) is 0 Å². The van der Waals surface area contributed by atoms with Crippen LogP contribution in [0.25, 0.3) is 0 Å². The monoisotopic (exact) mass is 341 g/mol. The molecule has 0 spiro atoms. The van der Waals surface area contributed by atoms with Gasteiger partial charge in [0.1, 0.15) is 0 Å². The third-order valence-electron chi connectivity index (χ3n) is 4.34. The molecule has 1 fully saturated rings. The summed E-state index contributed by atoms with van der Waals surface area (Å²) >= 11 is 0. The van der Waals surface area contributed by atoms with Gasteiger partial charge in [-0.1, -0.05) is 30.3 Å². The smallest absolute Gasteiger partial charge is 0.209 e. The van der Waals surface area contributed by atoms with Crippen molar-refractivity contribution in [3.8, 4) is 0 Å². The number of piperazine rings is 1. The minimum Gasteiger partial charge on any atom is -0.387 e. The van der Waals surface area contributed by atoms with Crippen molar-refractivity contribution in [2.45, 2.75) is 25.5 Å². The van der Waals surface area contributed by atoms with Crippen LogP contribution in [0, 0.1) is 0 Å². The summed E-state index contributed by atoms with van der Waals surface area (Å²) in [6.45, 7) is 6.15. The van der Waals surface area contributed by atoms with E-state index in [2.05, 4.69) is 16.7 Å². The van der Waals surface area contributed by atoms with E-state index in [9.17, 15) is 13.5 Å². The maximum absolute atomic E-state index is 11.0. The summed E-state index contributed by atoms with van der Waals surface area (Å²) in [4.78, 5) is 4.55. The van der Waals surface area contributed by atoms with Gasteiger partial charge in [0.2, 0.25) is 10.0 Å². The standard InChI is InChI=1S/C16H27N3O3S/c1-14-12-18(8-5-11-23(17,21)22)9-10-19(14)13-16(20)15-6-3-2-4-7-15/h2-4,6-7,14,16,20H,5,8-13H2,1H3,(H2,17,21,22)/t14-,16+/m0/s1. The Morgan fingerprint density at radius 2 is 2.00 bits per heavy atom. The van der Waals surface area contributed by atoms with Gasteiger partial charge in [0.25, 0.3) is 0 Å². The first-order chi connectivity index (χ1) is 10.8. The molecule has 2 rings (SSSR count). The molecule has 0 aromatic heterocycles. The lowest BCUT2D eigenvalue weighted by Gasteiger charge is -2.40. The van der Waals surface area contributed by atoms with Crippen molar-refractivity contribution in [2.24, 2.45) is 5.14 Å². The molecule has 130 valence electrons. The summed E-state index contributed by atoms with van der Waals surface area (Å²) in [7, 11) is -3.37. The van der Waals surface area contributed by atoms with Crippen LogP contribution in [0.2, 0.25) is 0 Å². The first-order valence-electron chi connectivity index (χ1n) is 8.05. The molecule has 7 heteroatoms. The first kappa shape index (κ1) is 18.4. The number of aliphatic hydroxyl groups is 1. The van der Waals surface area contributed by atoms with Crippen LogP contribution in [-0.4, -0.2) is 67.8 Å². The van der Waals surface area contributed by atoms with Crippen LogP contribution in [0.3, 0.4) is 0 Å². The van der Waals surface area contributed by atoms with Gasteiger partial charge in [0.05, 0.1) is 11.9 Å². The highest BCUT2D eigenvalue weighted by Crippen LogP contribution is 2.17. The van der Waals surface area contributed by atoms with Crippen LogP contribution in [0.1, 0.15) is 25.0 Å². The number of aliphatic hydroxyl groups excluding tert-OH is 1. The number of nitrogens with two attached hydrogens (primary N) is 1. The Morgan fingerprint density at radius 3 is 2.61 bits per heavy atom. The van der Waals surface area contributed by atoms with E-state index in [1.165, 1.54) is 0 Å². The second kappa shape index (κ2) is 8.21. The normalized spacial score (nSPS) is 22.1. The average Bonchev–Trinajstić information content (AvgIpc) is 2.49. The van der Waals surface area contributed by atoms with Crippen LogP contribution in [-0.2, 0) is 10.0 Å². The highest BCUT2D eigenvalue weighted by molar-refractivity contribution is 7.89. The minimum atomic E-state index is -3.37.